The Bertz CT molecular complexity index is 1180. The molecule has 7 nitrogen and oxygen atoms in total. The molecule has 2 amide bonds. The predicted octanol–water partition coefficient (Wildman–Crippen LogP) is 2.04. The molecule has 2 N–H and O–H groups in total. The Morgan fingerprint density at radius 1 is 1.23 bits per heavy atom. The molecular formula is C22H21F2N3O4. The minimum absolute atomic E-state index is 0.0559. The summed E-state index contributed by atoms with van der Waals surface area (Å²) in [5.41, 5.74) is -1.30. The summed E-state index contributed by atoms with van der Waals surface area (Å²) in [6.07, 6.45) is 2.12. The molecule has 2 aliphatic heterocycles. The van der Waals surface area contributed by atoms with Crippen molar-refractivity contribution >= 4 is 11.8 Å². The number of aromatic hydroxyl groups is 1. The van der Waals surface area contributed by atoms with E-state index in [1.54, 1.807) is 9.47 Å². The fourth-order valence-corrected chi connectivity index (χ4v) is 5.03. The number of nitrogens with zero attached hydrogens (tertiary/aromatic N) is 2. The smallest absolute Gasteiger partial charge is 0.274 e. The van der Waals surface area contributed by atoms with Crippen molar-refractivity contribution in [2.75, 3.05) is 13.1 Å². The minimum Gasteiger partial charge on any atom is -0.503 e. The third-order valence-corrected chi connectivity index (χ3v) is 6.96. The summed E-state index contributed by atoms with van der Waals surface area (Å²) in [6, 6.07) is 2.84. The SMILES string of the molecule is CC1C2C[C@@H]3CN(CC12)C(=O)c1c(O)c(=O)c(C(=O)NCc2ccc(F)cc2F)cn13. The molecule has 3 aliphatic rings. The van der Waals surface area contributed by atoms with Crippen LogP contribution in [0, 0.1) is 29.4 Å². The van der Waals surface area contributed by atoms with E-state index in [0.29, 0.717) is 36.9 Å². The normalized spacial score (nSPS) is 26.0. The average Bonchev–Trinajstić information content (AvgIpc) is 3.38. The second-order valence-electron chi connectivity index (χ2n) is 8.68. The highest BCUT2D eigenvalue weighted by Crippen LogP contribution is 2.53. The summed E-state index contributed by atoms with van der Waals surface area (Å²) in [6.45, 7) is 2.97. The van der Waals surface area contributed by atoms with Crippen molar-refractivity contribution in [3.63, 3.8) is 0 Å². The van der Waals surface area contributed by atoms with Gasteiger partial charge in [0, 0.05) is 37.5 Å². The van der Waals surface area contributed by atoms with Crippen LogP contribution >= 0.6 is 0 Å². The lowest BCUT2D eigenvalue weighted by atomic mass is 10.0. The predicted molar refractivity (Wildman–Crippen MR) is 106 cm³/mol. The highest BCUT2D eigenvalue weighted by Gasteiger charge is 2.53. The van der Waals surface area contributed by atoms with Crippen molar-refractivity contribution in [1.82, 2.24) is 14.8 Å². The molecule has 4 atom stereocenters. The first kappa shape index (κ1) is 19.7. The second-order valence-corrected chi connectivity index (χ2v) is 8.68. The zero-order chi connectivity index (χ0) is 22.0. The molecule has 1 aromatic carbocycles. The van der Waals surface area contributed by atoms with Crippen LogP contribution in [0.25, 0.3) is 0 Å². The van der Waals surface area contributed by atoms with Gasteiger partial charge in [-0.15, -0.1) is 0 Å². The molecule has 3 heterocycles. The van der Waals surface area contributed by atoms with Gasteiger partial charge < -0.3 is 19.9 Å². The summed E-state index contributed by atoms with van der Waals surface area (Å²) in [7, 11) is 0. The summed E-state index contributed by atoms with van der Waals surface area (Å²) in [4.78, 5) is 39.9. The number of halogens is 2. The van der Waals surface area contributed by atoms with Crippen molar-refractivity contribution in [2.45, 2.75) is 25.9 Å². The standard InChI is InChI=1S/C22H21F2N3O4/c1-10-14-5-13-7-26(8-15(10)14)22(31)18-20(29)19(28)16(9-27(13)18)21(30)25-6-11-2-3-12(23)4-17(11)24/h2-4,9-10,13-15,29H,5-8H2,1H3,(H,25,30)/t10?,13-,14?,15?/m1/s1. The molecule has 1 aromatic heterocycles. The van der Waals surface area contributed by atoms with Gasteiger partial charge in [-0.1, -0.05) is 13.0 Å². The number of hydrogen-bond acceptors (Lipinski definition) is 4. The van der Waals surface area contributed by atoms with Gasteiger partial charge >= 0.3 is 0 Å². The first-order chi connectivity index (χ1) is 14.8. The lowest BCUT2D eigenvalue weighted by Gasteiger charge is -2.35. The Balaban J connectivity index is 1.46. The van der Waals surface area contributed by atoms with Crippen molar-refractivity contribution in [3.8, 4) is 5.75 Å². The number of carbonyl (C=O) groups excluding carboxylic acids is 2. The number of carbonyl (C=O) groups is 2. The van der Waals surface area contributed by atoms with Crippen LogP contribution in [-0.4, -0.2) is 39.5 Å². The Hall–Kier alpha value is -3.23. The summed E-state index contributed by atoms with van der Waals surface area (Å²) in [5, 5.41) is 12.9. The third-order valence-electron chi connectivity index (χ3n) is 6.96. The van der Waals surface area contributed by atoms with E-state index in [9.17, 15) is 28.3 Å². The number of rotatable bonds is 3. The summed E-state index contributed by atoms with van der Waals surface area (Å²) < 4.78 is 28.4. The van der Waals surface area contributed by atoms with Crippen LogP contribution < -0.4 is 10.7 Å². The maximum absolute atomic E-state index is 13.8. The van der Waals surface area contributed by atoms with E-state index in [0.717, 1.165) is 12.5 Å². The van der Waals surface area contributed by atoms with Crippen LogP contribution in [0.4, 0.5) is 8.78 Å². The van der Waals surface area contributed by atoms with Crippen LogP contribution in [0.15, 0.2) is 29.2 Å². The van der Waals surface area contributed by atoms with E-state index in [-0.39, 0.29) is 29.4 Å². The van der Waals surface area contributed by atoms with E-state index < -0.39 is 34.6 Å². The first-order valence-electron chi connectivity index (χ1n) is 10.3. The third kappa shape index (κ3) is 3.10. The van der Waals surface area contributed by atoms with Gasteiger partial charge in [0.15, 0.2) is 11.4 Å². The van der Waals surface area contributed by atoms with Gasteiger partial charge in [-0.05, 0) is 30.2 Å². The molecule has 31 heavy (non-hydrogen) atoms. The molecule has 3 unspecified atom stereocenters. The van der Waals surface area contributed by atoms with Gasteiger partial charge in [-0.2, -0.15) is 0 Å². The maximum Gasteiger partial charge on any atom is 0.274 e. The van der Waals surface area contributed by atoms with Crippen molar-refractivity contribution in [1.29, 1.82) is 0 Å². The molecule has 5 rings (SSSR count). The van der Waals surface area contributed by atoms with Gasteiger partial charge in [0.2, 0.25) is 5.43 Å². The van der Waals surface area contributed by atoms with Gasteiger partial charge in [-0.25, -0.2) is 8.78 Å². The zero-order valence-corrected chi connectivity index (χ0v) is 16.8. The summed E-state index contributed by atoms with van der Waals surface area (Å²) >= 11 is 0. The lowest BCUT2D eigenvalue weighted by molar-refractivity contribution is 0.0658. The minimum atomic E-state index is -0.949. The van der Waals surface area contributed by atoms with Crippen molar-refractivity contribution < 1.29 is 23.5 Å². The van der Waals surface area contributed by atoms with E-state index >= 15 is 0 Å². The summed E-state index contributed by atoms with van der Waals surface area (Å²) in [5.74, 6) is -2.11. The fourth-order valence-electron chi connectivity index (χ4n) is 5.03. The van der Waals surface area contributed by atoms with Crippen molar-refractivity contribution in [3.05, 3.63) is 63.1 Å². The number of hydrogen-bond donors (Lipinski definition) is 2. The largest absolute Gasteiger partial charge is 0.503 e. The molecule has 2 bridgehead atoms. The van der Waals surface area contributed by atoms with E-state index in [1.165, 1.54) is 12.3 Å². The van der Waals surface area contributed by atoms with E-state index in [1.807, 2.05) is 0 Å². The van der Waals surface area contributed by atoms with E-state index in [4.69, 9.17) is 0 Å². The Morgan fingerprint density at radius 3 is 2.74 bits per heavy atom. The molecule has 1 saturated heterocycles. The van der Waals surface area contributed by atoms with Crippen LogP contribution in [0.2, 0.25) is 0 Å². The lowest BCUT2D eigenvalue weighted by Crippen LogP contribution is -2.45. The molecule has 2 fully saturated rings. The van der Waals surface area contributed by atoms with Gasteiger partial charge in [0.05, 0.1) is 6.04 Å². The highest BCUT2D eigenvalue weighted by atomic mass is 19.1. The van der Waals surface area contributed by atoms with Crippen LogP contribution in [0.1, 0.15) is 45.8 Å². The van der Waals surface area contributed by atoms with E-state index in [2.05, 4.69) is 12.2 Å². The highest BCUT2D eigenvalue weighted by molar-refractivity contribution is 5.99. The topological polar surface area (TPSA) is 91.6 Å². The van der Waals surface area contributed by atoms with Crippen LogP contribution in [-0.2, 0) is 6.54 Å². The number of nitrogens with one attached hydrogen (secondary N) is 1. The van der Waals surface area contributed by atoms with Crippen LogP contribution in [0.5, 0.6) is 5.75 Å². The average molecular weight is 429 g/mol. The molecule has 2 aromatic rings. The molecule has 0 radical (unpaired) electrons. The van der Waals surface area contributed by atoms with Gasteiger partial charge in [0.25, 0.3) is 11.8 Å². The Kier molecular flexibility index (Phi) is 4.39. The zero-order valence-electron chi connectivity index (χ0n) is 16.8. The number of amides is 2. The molecule has 0 spiro atoms. The molecule has 1 aliphatic carbocycles. The maximum atomic E-state index is 13.8. The van der Waals surface area contributed by atoms with Gasteiger partial charge in [-0.3, -0.25) is 14.4 Å². The number of pyridine rings is 1. The fraction of sp³-hybridized carbons (Fsp3) is 0.409. The molecule has 9 heteroatoms. The molecular weight excluding hydrogens is 408 g/mol. The van der Waals surface area contributed by atoms with Crippen molar-refractivity contribution in [2.24, 2.45) is 17.8 Å². The first-order valence-corrected chi connectivity index (χ1v) is 10.3. The van der Waals surface area contributed by atoms with Gasteiger partial charge in [0.1, 0.15) is 17.2 Å². The Morgan fingerprint density at radius 2 is 2.00 bits per heavy atom. The second kappa shape index (κ2) is 6.90. The monoisotopic (exact) mass is 429 g/mol. The van der Waals surface area contributed by atoms with Crippen LogP contribution in [0.3, 0.4) is 0 Å². The quantitative estimate of drug-likeness (QED) is 0.781. The molecule has 1 saturated carbocycles. The Labute approximate surface area is 176 Å². The molecule has 162 valence electrons. The number of fused-ring (bicyclic) bond motifs is 5. The number of benzene rings is 1. The number of aromatic nitrogens is 1.